The van der Waals surface area contributed by atoms with Gasteiger partial charge < -0.3 is 21.8 Å². The van der Waals surface area contributed by atoms with Crippen molar-refractivity contribution in [3.63, 3.8) is 0 Å². The van der Waals surface area contributed by atoms with Gasteiger partial charge in [-0.1, -0.05) is 30.8 Å². The molecule has 36 heavy (non-hydrogen) atoms. The number of nitrogen functional groups attached to an aromatic ring is 1. The van der Waals surface area contributed by atoms with Crippen LogP contribution in [-0.2, 0) is 6.54 Å². The van der Waals surface area contributed by atoms with Crippen LogP contribution in [-0.4, -0.2) is 15.7 Å². The Morgan fingerprint density at radius 2 is 1.83 bits per heavy atom. The lowest BCUT2D eigenvalue weighted by Crippen LogP contribution is -2.13. The molecule has 2 aromatic heterocycles. The van der Waals surface area contributed by atoms with E-state index in [1.165, 1.54) is 0 Å². The first-order valence-electron chi connectivity index (χ1n) is 11.7. The Bertz CT molecular complexity index is 1440. The third-order valence-corrected chi connectivity index (χ3v) is 5.66. The molecule has 0 radical (unpaired) electrons. The summed E-state index contributed by atoms with van der Waals surface area (Å²) in [6.07, 6.45) is 5.30. The topological polar surface area (TPSA) is 99.7 Å². The number of hydrogen-bond acceptors (Lipinski definition) is 6. The molecule has 0 aliphatic rings. The molecule has 0 spiro atoms. The molecule has 0 amide bonds. The number of anilines is 3. The number of nitrogens with two attached hydrogens (primary N) is 1. The summed E-state index contributed by atoms with van der Waals surface area (Å²) >= 11 is 0. The van der Waals surface area contributed by atoms with Crippen molar-refractivity contribution in [2.75, 3.05) is 11.1 Å². The van der Waals surface area contributed by atoms with Gasteiger partial charge in [-0.05, 0) is 80.1 Å². The molecular weight excluding hydrogens is 444 g/mol. The number of pyridine rings is 2. The monoisotopic (exact) mass is 474 g/mol. The van der Waals surface area contributed by atoms with Gasteiger partial charge in [0.25, 0.3) is 0 Å². The third-order valence-electron chi connectivity index (χ3n) is 5.66. The maximum atomic E-state index is 8.45. The molecular formula is C30H30N6. The van der Waals surface area contributed by atoms with Crippen LogP contribution in [0.2, 0.25) is 0 Å². The highest BCUT2D eigenvalue weighted by molar-refractivity contribution is 6.12. The Labute approximate surface area is 212 Å². The minimum atomic E-state index is 0.324. The zero-order chi connectivity index (χ0) is 25.5. The standard InChI is InChI=1S/C30H30N6/c1-20-15-16-33-23(17-20)12-14-28(31)27-13-11-24(18-29(27)32)36-30-10-5-4-9-26(30)22(3)34-19-25-8-6-7-21(2)35-25/h4-18,31,34,36H,3,19,32H2,1-2H3/b14-12+,31-28?. The molecule has 2 heterocycles. The average Bonchev–Trinajstić information content (AvgIpc) is 2.86. The summed E-state index contributed by atoms with van der Waals surface area (Å²) in [6.45, 7) is 8.81. The summed E-state index contributed by atoms with van der Waals surface area (Å²) in [7, 11) is 0. The SMILES string of the molecule is C=C(NCc1cccc(C)n1)c1ccccc1Nc1ccc(C(=N)/C=C/c2cc(C)ccn2)c(N)c1. The molecule has 0 aliphatic carbocycles. The van der Waals surface area contributed by atoms with Crippen molar-refractivity contribution in [3.8, 4) is 0 Å². The minimum absolute atomic E-state index is 0.324. The van der Waals surface area contributed by atoms with E-state index in [1.54, 1.807) is 12.3 Å². The van der Waals surface area contributed by atoms with Crippen LogP contribution in [0, 0.1) is 19.3 Å². The van der Waals surface area contributed by atoms with E-state index >= 15 is 0 Å². The zero-order valence-corrected chi connectivity index (χ0v) is 20.5. The molecule has 6 heteroatoms. The molecule has 2 aromatic carbocycles. The van der Waals surface area contributed by atoms with Crippen LogP contribution in [0.15, 0.2) is 91.6 Å². The molecule has 0 unspecified atom stereocenters. The number of hydrogen-bond donors (Lipinski definition) is 4. The van der Waals surface area contributed by atoms with E-state index < -0.39 is 0 Å². The molecule has 5 N–H and O–H groups in total. The largest absolute Gasteiger partial charge is 0.398 e. The smallest absolute Gasteiger partial charge is 0.0633 e. The second-order valence-electron chi connectivity index (χ2n) is 8.58. The second kappa shape index (κ2) is 11.1. The number of nitrogens with one attached hydrogen (secondary N) is 3. The Hall–Kier alpha value is -4.71. The van der Waals surface area contributed by atoms with Gasteiger partial charge in [0.15, 0.2) is 0 Å². The van der Waals surface area contributed by atoms with Gasteiger partial charge in [0.1, 0.15) is 0 Å². The summed E-state index contributed by atoms with van der Waals surface area (Å²) in [4.78, 5) is 8.84. The number of nitrogens with zero attached hydrogens (tertiary/aromatic N) is 2. The van der Waals surface area contributed by atoms with Crippen LogP contribution < -0.4 is 16.4 Å². The Morgan fingerprint density at radius 3 is 2.61 bits per heavy atom. The van der Waals surface area contributed by atoms with Gasteiger partial charge in [-0.15, -0.1) is 0 Å². The van der Waals surface area contributed by atoms with Crippen molar-refractivity contribution in [1.82, 2.24) is 15.3 Å². The lowest BCUT2D eigenvalue weighted by atomic mass is 10.1. The van der Waals surface area contributed by atoms with Gasteiger partial charge >= 0.3 is 0 Å². The van der Waals surface area contributed by atoms with Gasteiger partial charge in [-0.3, -0.25) is 9.97 Å². The van der Waals surface area contributed by atoms with Crippen LogP contribution in [0.1, 0.15) is 33.8 Å². The zero-order valence-electron chi connectivity index (χ0n) is 20.5. The molecule has 0 saturated heterocycles. The molecule has 0 atom stereocenters. The fraction of sp³-hybridized carbons (Fsp3) is 0.100. The maximum absolute atomic E-state index is 8.45. The first-order chi connectivity index (χ1) is 17.4. The fourth-order valence-corrected chi connectivity index (χ4v) is 3.80. The lowest BCUT2D eigenvalue weighted by molar-refractivity contribution is 0.848. The Morgan fingerprint density at radius 1 is 1.00 bits per heavy atom. The number of para-hydroxylation sites is 1. The summed E-state index contributed by atoms with van der Waals surface area (Å²) in [5.41, 5.74) is 15.2. The van der Waals surface area contributed by atoms with E-state index in [-0.39, 0.29) is 0 Å². The molecule has 0 bridgehead atoms. The summed E-state index contributed by atoms with van der Waals surface area (Å²) in [6, 6.07) is 23.5. The van der Waals surface area contributed by atoms with E-state index in [2.05, 4.69) is 27.2 Å². The van der Waals surface area contributed by atoms with Crippen molar-refractivity contribution >= 4 is 34.5 Å². The predicted molar refractivity (Wildman–Crippen MR) is 150 cm³/mol. The van der Waals surface area contributed by atoms with Gasteiger partial charge in [0.2, 0.25) is 0 Å². The van der Waals surface area contributed by atoms with Crippen LogP contribution in [0.5, 0.6) is 0 Å². The van der Waals surface area contributed by atoms with Gasteiger partial charge in [0.05, 0.1) is 23.6 Å². The van der Waals surface area contributed by atoms with Gasteiger partial charge in [0, 0.05) is 45.8 Å². The number of benzene rings is 2. The summed E-state index contributed by atoms with van der Waals surface area (Å²) in [5, 5.41) is 15.3. The molecule has 180 valence electrons. The Balaban J connectivity index is 1.46. The van der Waals surface area contributed by atoms with Crippen molar-refractivity contribution < 1.29 is 0 Å². The summed E-state index contributed by atoms with van der Waals surface area (Å²) < 4.78 is 0. The first kappa shape index (κ1) is 24.4. The molecule has 4 rings (SSSR count). The number of allylic oxidation sites excluding steroid dienone is 1. The maximum Gasteiger partial charge on any atom is 0.0633 e. The highest BCUT2D eigenvalue weighted by Crippen LogP contribution is 2.27. The van der Waals surface area contributed by atoms with Crippen molar-refractivity contribution in [3.05, 3.63) is 125 Å². The highest BCUT2D eigenvalue weighted by atomic mass is 14.9. The second-order valence-corrected chi connectivity index (χ2v) is 8.58. The normalized spacial score (nSPS) is 10.8. The molecule has 0 fully saturated rings. The summed E-state index contributed by atoms with van der Waals surface area (Å²) in [5.74, 6) is 0. The number of rotatable bonds is 9. The van der Waals surface area contributed by atoms with Crippen LogP contribution in [0.4, 0.5) is 17.1 Å². The molecule has 0 saturated carbocycles. The predicted octanol–water partition coefficient (Wildman–Crippen LogP) is 6.26. The quantitative estimate of drug-likeness (QED) is 0.169. The van der Waals surface area contributed by atoms with Gasteiger partial charge in [-0.2, -0.15) is 0 Å². The number of aromatic nitrogens is 2. The average molecular weight is 475 g/mol. The van der Waals surface area contributed by atoms with E-state index in [4.69, 9.17) is 11.1 Å². The minimum Gasteiger partial charge on any atom is -0.398 e. The van der Waals surface area contributed by atoms with Crippen molar-refractivity contribution in [1.29, 1.82) is 5.41 Å². The first-order valence-corrected chi connectivity index (χ1v) is 11.7. The Kier molecular flexibility index (Phi) is 7.56. The van der Waals surface area contributed by atoms with E-state index in [1.807, 2.05) is 92.7 Å². The van der Waals surface area contributed by atoms with Crippen molar-refractivity contribution in [2.24, 2.45) is 0 Å². The third kappa shape index (κ3) is 6.24. The lowest BCUT2D eigenvalue weighted by Gasteiger charge is -2.16. The molecule has 6 nitrogen and oxygen atoms in total. The van der Waals surface area contributed by atoms with Gasteiger partial charge in [-0.25, -0.2) is 0 Å². The van der Waals surface area contributed by atoms with E-state index in [0.717, 1.165) is 45.3 Å². The number of aryl methyl sites for hydroxylation is 2. The van der Waals surface area contributed by atoms with Crippen LogP contribution >= 0.6 is 0 Å². The van der Waals surface area contributed by atoms with Crippen molar-refractivity contribution in [2.45, 2.75) is 20.4 Å². The van der Waals surface area contributed by atoms with E-state index in [9.17, 15) is 0 Å². The van der Waals surface area contributed by atoms with Crippen LogP contribution in [0.3, 0.4) is 0 Å². The highest BCUT2D eigenvalue weighted by Gasteiger charge is 2.09. The van der Waals surface area contributed by atoms with Crippen LogP contribution in [0.25, 0.3) is 11.8 Å². The fourth-order valence-electron chi connectivity index (χ4n) is 3.80. The van der Waals surface area contributed by atoms with E-state index in [0.29, 0.717) is 23.5 Å². The molecule has 0 aliphatic heterocycles. The molecule has 4 aromatic rings.